The monoisotopic (exact) mass is 291 g/mol. The van der Waals surface area contributed by atoms with E-state index in [4.69, 9.17) is 9.84 Å². The van der Waals surface area contributed by atoms with Crippen LogP contribution in [0.2, 0.25) is 0 Å². The van der Waals surface area contributed by atoms with Gasteiger partial charge in [0.05, 0.1) is 12.3 Å². The quantitative estimate of drug-likeness (QED) is 0.667. The molecule has 0 aromatic heterocycles. The van der Waals surface area contributed by atoms with Crippen LogP contribution in [0.1, 0.15) is 6.42 Å². The highest BCUT2D eigenvalue weighted by atomic mass is 16.5. The maximum atomic E-state index is 12.0. The normalized spacial score (nSPS) is 17.3. The van der Waals surface area contributed by atoms with Crippen molar-refractivity contribution in [2.45, 2.75) is 12.5 Å². The molecule has 2 rings (SSSR count). The number of carbonyl (C=O) groups is 2. The van der Waals surface area contributed by atoms with Gasteiger partial charge in [0, 0.05) is 31.8 Å². The minimum Gasteiger partial charge on any atom is -0.465 e. The van der Waals surface area contributed by atoms with Gasteiger partial charge in [0.2, 0.25) is 5.91 Å². The van der Waals surface area contributed by atoms with Crippen molar-refractivity contribution in [3.8, 4) is 0 Å². The SMILES string of the molecule is COC[C@H](NC(=O)O)C(=O)NCC1=C2C=CN=C2CC=C1. The third-order valence-electron chi connectivity index (χ3n) is 3.16. The smallest absolute Gasteiger partial charge is 0.405 e. The van der Waals surface area contributed by atoms with Crippen LogP contribution < -0.4 is 10.6 Å². The zero-order chi connectivity index (χ0) is 15.2. The predicted octanol–water partition coefficient (Wildman–Crippen LogP) is 0.610. The summed E-state index contributed by atoms with van der Waals surface area (Å²) in [5.41, 5.74) is 2.96. The zero-order valence-electron chi connectivity index (χ0n) is 11.6. The Balaban J connectivity index is 1.97. The summed E-state index contributed by atoms with van der Waals surface area (Å²) in [5, 5.41) is 13.5. The Morgan fingerprint density at radius 1 is 1.48 bits per heavy atom. The molecule has 112 valence electrons. The van der Waals surface area contributed by atoms with E-state index >= 15 is 0 Å². The molecule has 0 aromatic carbocycles. The number of aliphatic imine (C=N–C) groups is 1. The lowest BCUT2D eigenvalue weighted by Gasteiger charge is -2.18. The van der Waals surface area contributed by atoms with E-state index in [1.165, 1.54) is 7.11 Å². The molecule has 3 N–H and O–H groups in total. The number of allylic oxidation sites excluding steroid dienone is 3. The maximum Gasteiger partial charge on any atom is 0.405 e. The molecule has 1 heterocycles. The molecule has 2 aliphatic rings. The second-order valence-electron chi connectivity index (χ2n) is 4.61. The molecule has 2 amide bonds. The average Bonchev–Trinajstić information content (AvgIpc) is 2.92. The first-order valence-corrected chi connectivity index (χ1v) is 6.51. The van der Waals surface area contributed by atoms with E-state index in [0.29, 0.717) is 6.54 Å². The van der Waals surface area contributed by atoms with Crippen LogP contribution in [-0.2, 0) is 9.53 Å². The molecule has 1 atom stereocenters. The number of ether oxygens (including phenoxy) is 1. The van der Waals surface area contributed by atoms with Crippen LogP contribution in [0, 0.1) is 0 Å². The average molecular weight is 291 g/mol. The standard InChI is InChI=1S/C14H17N3O4/c1-21-8-12(17-14(19)20)13(18)16-7-9-3-2-4-11-10(9)5-6-15-11/h2-3,5-6,12,17H,4,7-8H2,1H3,(H,16,18)(H,19,20)/t12-/m0/s1. The Hall–Kier alpha value is -2.41. The fourth-order valence-electron chi connectivity index (χ4n) is 2.18. The number of fused-ring (bicyclic) bond motifs is 1. The summed E-state index contributed by atoms with van der Waals surface area (Å²) in [6.45, 7) is 0.294. The van der Waals surface area contributed by atoms with Crippen LogP contribution in [-0.4, -0.2) is 49.1 Å². The summed E-state index contributed by atoms with van der Waals surface area (Å²) in [5.74, 6) is -0.424. The van der Waals surface area contributed by atoms with E-state index in [-0.39, 0.29) is 6.61 Å². The van der Waals surface area contributed by atoms with Crippen LogP contribution in [0.5, 0.6) is 0 Å². The van der Waals surface area contributed by atoms with Crippen molar-refractivity contribution in [2.24, 2.45) is 4.99 Å². The Morgan fingerprint density at radius 2 is 2.29 bits per heavy atom. The fraction of sp³-hybridized carbons (Fsp3) is 0.357. The molecule has 7 nitrogen and oxygen atoms in total. The maximum absolute atomic E-state index is 12.0. The lowest BCUT2D eigenvalue weighted by atomic mass is 9.96. The van der Waals surface area contributed by atoms with Crippen molar-refractivity contribution >= 4 is 17.7 Å². The van der Waals surface area contributed by atoms with E-state index in [0.717, 1.165) is 23.3 Å². The fourth-order valence-corrected chi connectivity index (χ4v) is 2.18. The van der Waals surface area contributed by atoms with E-state index in [1.807, 2.05) is 18.2 Å². The molecule has 7 heteroatoms. The number of amides is 2. The Labute approximate surface area is 122 Å². The van der Waals surface area contributed by atoms with E-state index in [1.54, 1.807) is 6.20 Å². The molecular formula is C14H17N3O4. The Kier molecular flexibility index (Phi) is 4.89. The Bertz CT molecular complexity index is 561. The zero-order valence-corrected chi connectivity index (χ0v) is 11.6. The summed E-state index contributed by atoms with van der Waals surface area (Å²) in [6, 6.07) is -0.932. The topological polar surface area (TPSA) is 100 Å². The molecule has 0 spiro atoms. The number of carboxylic acid groups (broad SMARTS) is 1. The van der Waals surface area contributed by atoms with Crippen LogP contribution in [0.3, 0.4) is 0 Å². The van der Waals surface area contributed by atoms with Crippen molar-refractivity contribution in [1.29, 1.82) is 0 Å². The third-order valence-corrected chi connectivity index (χ3v) is 3.16. The van der Waals surface area contributed by atoms with Gasteiger partial charge in [-0.2, -0.15) is 0 Å². The van der Waals surface area contributed by atoms with E-state index in [9.17, 15) is 9.59 Å². The van der Waals surface area contributed by atoms with Crippen LogP contribution in [0.15, 0.2) is 40.6 Å². The van der Waals surface area contributed by atoms with Crippen molar-refractivity contribution in [1.82, 2.24) is 10.6 Å². The van der Waals surface area contributed by atoms with Gasteiger partial charge in [-0.1, -0.05) is 12.2 Å². The van der Waals surface area contributed by atoms with Gasteiger partial charge in [-0.05, 0) is 11.6 Å². The molecule has 0 saturated heterocycles. The molecule has 0 fully saturated rings. The van der Waals surface area contributed by atoms with Crippen molar-refractivity contribution in [3.63, 3.8) is 0 Å². The molecule has 0 saturated carbocycles. The van der Waals surface area contributed by atoms with Gasteiger partial charge in [0.25, 0.3) is 0 Å². The second-order valence-corrected chi connectivity index (χ2v) is 4.61. The molecule has 0 aromatic rings. The number of hydrogen-bond acceptors (Lipinski definition) is 4. The lowest BCUT2D eigenvalue weighted by molar-refractivity contribution is -0.124. The first-order chi connectivity index (χ1) is 10.1. The number of hydrogen-bond donors (Lipinski definition) is 3. The Morgan fingerprint density at radius 3 is 3.00 bits per heavy atom. The van der Waals surface area contributed by atoms with Gasteiger partial charge in [0.1, 0.15) is 6.04 Å². The number of nitrogens with one attached hydrogen (secondary N) is 2. The van der Waals surface area contributed by atoms with E-state index < -0.39 is 18.0 Å². The predicted molar refractivity (Wildman–Crippen MR) is 77.2 cm³/mol. The highest BCUT2D eigenvalue weighted by Gasteiger charge is 2.21. The van der Waals surface area contributed by atoms with E-state index in [2.05, 4.69) is 15.6 Å². The summed E-state index contributed by atoms with van der Waals surface area (Å²) < 4.78 is 4.84. The summed E-state index contributed by atoms with van der Waals surface area (Å²) in [4.78, 5) is 26.9. The van der Waals surface area contributed by atoms with Crippen LogP contribution in [0.4, 0.5) is 4.79 Å². The largest absolute Gasteiger partial charge is 0.465 e. The molecule has 0 radical (unpaired) electrons. The highest BCUT2D eigenvalue weighted by Crippen LogP contribution is 2.21. The number of rotatable bonds is 6. The molecular weight excluding hydrogens is 274 g/mol. The van der Waals surface area contributed by atoms with Gasteiger partial charge in [-0.3, -0.25) is 9.79 Å². The first kappa shape index (κ1) is 15.0. The van der Waals surface area contributed by atoms with Gasteiger partial charge in [-0.25, -0.2) is 4.79 Å². The van der Waals surface area contributed by atoms with Crippen molar-refractivity contribution in [3.05, 3.63) is 35.6 Å². The minimum absolute atomic E-state index is 0.0213. The van der Waals surface area contributed by atoms with Gasteiger partial charge >= 0.3 is 6.09 Å². The second kappa shape index (κ2) is 6.85. The van der Waals surface area contributed by atoms with Gasteiger partial charge < -0.3 is 20.5 Å². The molecule has 0 unspecified atom stereocenters. The molecule has 21 heavy (non-hydrogen) atoms. The summed E-state index contributed by atoms with van der Waals surface area (Å²) >= 11 is 0. The highest BCUT2D eigenvalue weighted by molar-refractivity contribution is 6.07. The first-order valence-electron chi connectivity index (χ1n) is 6.51. The summed E-state index contributed by atoms with van der Waals surface area (Å²) in [7, 11) is 1.41. The van der Waals surface area contributed by atoms with Gasteiger partial charge in [0.15, 0.2) is 0 Å². The van der Waals surface area contributed by atoms with Crippen LogP contribution >= 0.6 is 0 Å². The lowest BCUT2D eigenvalue weighted by Crippen LogP contribution is -2.49. The number of carbonyl (C=O) groups excluding carboxylic acids is 1. The molecule has 1 aliphatic carbocycles. The van der Waals surface area contributed by atoms with Gasteiger partial charge in [-0.15, -0.1) is 0 Å². The summed E-state index contributed by atoms with van der Waals surface area (Å²) in [6.07, 6.45) is 7.09. The van der Waals surface area contributed by atoms with Crippen LogP contribution in [0.25, 0.3) is 0 Å². The molecule has 1 aliphatic heterocycles. The minimum atomic E-state index is -1.26. The number of nitrogens with zero attached hydrogens (tertiary/aromatic N) is 1. The molecule has 0 bridgehead atoms. The third kappa shape index (κ3) is 3.79. The number of methoxy groups -OCH3 is 1. The van der Waals surface area contributed by atoms with Crippen molar-refractivity contribution in [2.75, 3.05) is 20.3 Å². The van der Waals surface area contributed by atoms with Crippen molar-refractivity contribution < 1.29 is 19.4 Å².